The van der Waals surface area contributed by atoms with Crippen LogP contribution in [0.2, 0.25) is 0 Å². The molecule has 0 spiro atoms. The molecule has 3 rings (SSSR count). The molecule has 1 atom stereocenters. The van der Waals surface area contributed by atoms with E-state index in [1.807, 2.05) is 26.0 Å². The zero-order valence-electron chi connectivity index (χ0n) is 11.4. The minimum absolute atomic E-state index is 0.0899. The molecule has 2 aromatic heterocycles. The lowest BCUT2D eigenvalue weighted by molar-refractivity contribution is 0.470. The first-order valence-corrected chi connectivity index (χ1v) is 6.65. The molecule has 0 aliphatic heterocycles. The van der Waals surface area contributed by atoms with E-state index < -0.39 is 0 Å². The topological polar surface area (TPSA) is 38.3 Å². The average Bonchev–Trinajstić information content (AvgIpc) is 3.01. The second-order valence-electron chi connectivity index (χ2n) is 4.81. The maximum Gasteiger partial charge on any atom is 0.134 e. The van der Waals surface area contributed by atoms with E-state index in [2.05, 4.69) is 5.32 Å². The molecule has 1 unspecified atom stereocenters. The smallest absolute Gasteiger partial charge is 0.134 e. The third-order valence-corrected chi connectivity index (χ3v) is 3.27. The van der Waals surface area contributed by atoms with E-state index in [0.717, 1.165) is 29.0 Å². The summed E-state index contributed by atoms with van der Waals surface area (Å²) in [5.74, 6) is 1.35. The van der Waals surface area contributed by atoms with Crippen LogP contribution >= 0.6 is 0 Å². The van der Waals surface area contributed by atoms with Crippen LogP contribution in [0, 0.1) is 12.7 Å². The van der Waals surface area contributed by atoms with Gasteiger partial charge in [0.25, 0.3) is 0 Å². The molecule has 0 radical (unpaired) electrons. The normalized spacial score (nSPS) is 12.9. The Kier molecular flexibility index (Phi) is 3.32. The quantitative estimate of drug-likeness (QED) is 0.775. The second kappa shape index (κ2) is 5.13. The van der Waals surface area contributed by atoms with Gasteiger partial charge in [-0.3, -0.25) is 0 Å². The van der Waals surface area contributed by atoms with E-state index in [4.69, 9.17) is 8.83 Å². The summed E-state index contributed by atoms with van der Waals surface area (Å²) in [6.07, 6.45) is 1.72. The number of hydrogen-bond donors (Lipinski definition) is 1. The van der Waals surface area contributed by atoms with Crippen LogP contribution in [0.1, 0.15) is 30.0 Å². The largest absolute Gasteiger partial charge is 0.469 e. The van der Waals surface area contributed by atoms with Crippen molar-refractivity contribution >= 4 is 11.0 Å². The first-order chi connectivity index (χ1) is 9.67. The van der Waals surface area contributed by atoms with Gasteiger partial charge < -0.3 is 14.2 Å². The van der Waals surface area contributed by atoms with E-state index in [1.165, 1.54) is 12.1 Å². The van der Waals surface area contributed by atoms with E-state index in [-0.39, 0.29) is 11.9 Å². The molecule has 20 heavy (non-hydrogen) atoms. The van der Waals surface area contributed by atoms with Gasteiger partial charge in [-0.2, -0.15) is 0 Å². The summed E-state index contributed by atoms with van der Waals surface area (Å²) in [4.78, 5) is 0. The summed E-state index contributed by atoms with van der Waals surface area (Å²) < 4.78 is 24.4. The number of furan rings is 2. The van der Waals surface area contributed by atoms with Crippen LogP contribution in [-0.4, -0.2) is 6.54 Å². The van der Waals surface area contributed by atoms with Crippen molar-refractivity contribution in [3.05, 3.63) is 59.5 Å². The molecule has 3 nitrogen and oxygen atoms in total. The van der Waals surface area contributed by atoms with Crippen molar-refractivity contribution in [3.8, 4) is 0 Å². The lowest BCUT2D eigenvalue weighted by atomic mass is 10.1. The minimum Gasteiger partial charge on any atom is -0.469 e. The van der Waals surface area contributed by atoms with Gasteiger partial charge in [0.1, 0.15) is 22.9 Å². The molecular formula is C16H16FNO2. The van der Waals surface area contributed by atoms with Gasteiger partial charge in [0.05, 0.1) is 12.3 Å². The van der Waals surface area contributed by atoms with Gasteiger partial charge in [-0.25, -0.2) is 4.39 Å². The van der Waals surface area contributed by atoms with Crippen molar-refractivity contribution in [1.29, 1.82) is 0 Å². The third-order valence-electron chi connectivity index (χ3n) is 3.27. The van der Waals surface area contributed by atoms with Crippen molar-refractivity contribution in [3.63, 3.8) is 0 Å². The maximum atomic E-state index is 13.2. The first kappa shape index (κ1) is 12.9. The Morgan fingerprint density at radius 3 is 2.80 bits per heavy atom. The Labute approximate surface area is 116 Å². The van der Waals surface area contributed by atoms with Crippen molar-refractivity contribution in [2.45, 2.75) is 19.9 Å². The molecule has 0 fully saturated rings. The van der Waals surface area contributed by atoms with Gasteiger partial charge >= 0.3 is 0 Å². The monoisotopic (exact) mass is 273 g/mol. The summed E-state index contributed by atoms with van der Waals surface area (Å²) in [7, 11) is 0. The molecule has 0 amide bonds. The summed E-state index contributed by atoms with van der Waals surface area (Å²) in [5.41, 5.74) is 1.69. The molecule has 0 bridgehead atoms. The predicted molar refractivity (Wildman–Crippen MR) is 75.1 cm³/mol. The van der Waals surface area contributed by atoms with E-state index >= 15 is 0 Å². The summed E-state index contributed by atoms with van der Waals surface area (Å²) >= 11 is 0. The lowest BCUT2D eigenvalue weighted by Crippen LogP contribution is -2.20. The Bertz CT molecular complexity index is 729. The van der Waals surface area contributed by atoms with Crippen LogP contribution in [0.25, 0.3) is 11.0 Å². The van der Waals surface area contributed by atoms with Gasteiger partial charge in [0.2, 0.25) is 0 Å². The molecule has 2 heterocycles. The minimum atomic E-state index is -0.260. The van der Waals surface area contributed by atoms with Crippen LogP contribution in [0.15, 0.2) is 45.4 Å². The van der Waals surface area contributed by atoms with E-state index in [9.17, 15) is 4.39 Å². The molecule has 0 saturated carbocycles. The molecule has 104 valence electrons. The number of nitrogens with one attached hydrogen (secondary N) is 1. The fourth-order valence-corrected chi connectivity index (χ4v) is 2.38. The van der Waals surface area contributed by atoms with Crippen LogP contribution in [0.5, 0.6) is 0 Å². The first-order valence-electron chi connectivity index (χ1n) is 6.65. The van der Waals surface area contributed by atoms with Crippen molar-refractivity contribution < 1.29 is 13.2 Å². The number of aryl methyl sites for hydroxylation is 1. The average molecular weight is 273 g/mol. The molecule has 0 aliphatic rings. The maximum absolute atomic E-state index is 13.2. The summed E-state index contributed by atoms with van der Waals surface area (Å²) in [5, 5.41) is 4.12. The molecular weight excluding hydrogens is 257 g/mol. The van der Waals surface area contributed by atoms with Crippen LogP contribution in [0.3, 0.4) is 0 Å². The van der Waals surface area contributed by atoms with Gasteiger partial charge in [-0.05, 0) is 43.8 Å². The predicted octanol–water partition coefficient (Wildman–Crippen LogP) is 4.17. The Balaban J connectivity index is 2.04. The van der Waals surface area contributed by atoms with Crippen molar-refractivity contribution in [2.75, 3.05) is 6.54 Å². The van der Waals surface area contributed by atoms with Crippen LogP contribution in [0.4, 0.5) is 4.39 Å². The molecule has 0 aliphatic carbocycles. The highest BCUT2D eigenvalue weighted by molar-refractivity contribution is 5.78. The van der Waals surface area contributed by atoms with Crippen molar-refractivity contribution in [2.24, 2.45) is 0 Å². The number of fused-ring (bicyclic) bond motifs is 1. The van der Waals surface area contributed by atoms with Crippen LogP contribution in [-0.2, 0) is 0 Å². The highest BCUT2D eigenvalue weighted by Gasteiger charge is 2.19. The Hall–Kier alpha value is -2.07. The second-order valence-corrected chi connectivity index (χ2v) is 4.81. The number of hydrogen-bond acceptors (Lipinski definition) is 3. The summed E-state index contributed by atoms with van der Waals surface area (Å²) in [6.45, 7) is 4.73. The van der Waals surface area contributed by atoms with Gasteiger partial charge in [0, 0.05) is 10.9 Å². The van der Waals surface area contributed by atoms with E-state index in [1.54, 1.807) is 12.3 Å². The highest BCUT2D eigenvalue weighted by atomic mass is 19.1. The Morgan fingerprint density at radius 2 is 2.10 bits per heavy atom. The van der Waals surface area contributed by atoms with Gasteiger partial charge in [0.15, 0.2) is 0 Å². The molecule has 1 aromatic carbocycles. The lowest BCUT2D eigenvalue weighted by Gasteiger charge is -2.13. The number of halogens is 1. The van der Waals surface area contributed by atoms with Gasteiger partial charge in [-0.1, -0.05) is 6.92 Å². The molecule has 1 N–H and O–H groups in total. The van der Waals surface area contributed by atoms with Crippen LogP contribution < -0.4 is 5.32 Å². The number of rotatable bonds is 4. The zero-order chi connectivity index (χ0) is 14.1. The fourth-order valence-electron chi connectivity index (χ4n) is 2.38. The third kappa shape index (κ3) is 2.34. The van der Waals surface area contributed by atoms with E-state index in [0.29, 0.717) is 5.58 Å². The fraction of sp³-hybridized carbons (Fsp3) is 0.250. The molecule has 3 aromatic rings. The summed E-state index contributed by atoms with van der Waals surface area (Å²) in [6, 6.07) is 8.28. The standard InChI is InChI=1S/C16H16FNO2/c1-3-18-16(12-6-10(2)19-9-12)15-8-11-7-13(17)4-5-14(11)20-15/h4-9,16,18H,3H2,1-2H3. The van der Waals surface area contributed by atoms with Gasteiger partial charge in [-0.15, -0.1) is 0 Å². The number of benzene rings is 1. The zero-order valence-corrected chi connectivity index (χ0v) is 11.4. The SMILES string of the molecule is CCNC(c1coc(C)c1)c1cc2cc(F)ccc2o1. The Morgan fingerprint density at radius 1 is 1.25 bits per heavy atom. The molecule has 0 saturated heterocycles. The molecule has 4 heteroatoms. The highest BCUT2D eigenvalue weighted by Crippen LogP contribution is 2.29. The van der Waals surface area contributed by atoms with Crippen molar-refractivity contribution in [1.82, 2.24) is 5.32 Å².